The molecule has 0 aromatic heterocycles. The van der Waals surface area contributed by atoms with Crippen molar-refractivity contribution in [1.29, 1.82) is 0 Å². The fourth-order valence-corrected chi connectivity index (χ4v) is 3.50. The number of benzene rings is 2. The monoisotopic (exact) mass is 376 g/mol. The van der Waals surface area contributed by atoms with Gasteiger partial charge in [0.05, 0.1) is 17.4 Å². The number of sulfonamides is 1. The van der Waals surface area contributed by atoms with E-state index < -0.39 is 10.0 Å². The largest absolute Gasteiger partial charge is 0.491 e. The molecule has 26 heavy (non-hydrogen) atoms. The summed E-state index contributed by atoms with van der Waals surface area (Å²) in [6.45, 7) is 5.64. The molecule has 2 N–H and O–H groups in total. The lowest BCUT2D eigenvalue weighted by atomic mass is 10.1. The van der Waals surface area contributed by atoms with E-state index in [0.717, 1.165) is 11.1 Å². The minimum absolute atomic E-state index is 0.0163. The highest BCUT2D eigenvalue weighted by Gasteiger charge is 2.16. The maximum Gasteiger partial charge on any atom is 0.261 e. The van der Waals surface area contributed by atoms with Crippen LogP contribution >= 0.6 is 0 Å². The standard InChI is InChI=1S/C19H24N2O4S/c1-13(2)25-18-10-9-17(11-14(18)3)26(23,24)21-16-7-5-15(6-8-16)12-19(22)20-4/h5-11,13,21H,12H2,1-4H3,(H,20,22). The Morgan fingerprint density at radius 3 is 2.31 bits per heavy atom. The van der Waals surface area contributed by atoms with Crippen molar-refractivity contribution in [3.63, 3.8) is 0 Å². The first-order valence-corrected chi connectivity index (χ1v) is 9.79. The van der Waals surface area contributed by atoms with Crippen molar-refractivity contribution in [1.82, 2.24) is 5.32 Å². The van der Waals surface area contributed by atoms with Crippen LogP contribution in [0.15, 0.2) is 47.4 Å². The van der Waals surface area contributed by atoms with Gasteiger partial charge in [0.1, 0.15) is 5.75 Å². The smallest absolute Gasteiger partial charge is 0.261 e. The van der Waals surface area contributed by atoms with Gasteiger partial charge in [-0.25, -0.2) is 8.42 Å². The Labute approximate surface area is 154 Å². The van der Waals surface area contributed by atoms with Crippen molar-refractivity contribution in [3.05, 3.63) is 53.6 Å². The molecule has 0 spiro atoms. The Hall–Kier alpha value is -2.54. The van der Waals surface area contributed by atoms with Gasteiger partial charge in [0, 0.05) is 12.7 Å². The maximum atomic E-state index is 12.6. The third-order valence-electron chi connectivity index (χ3n) is 3.67. The van der Waals surface area contributed by atoms with Crippen molar-refractivity contribution in [2.75, 3.05) is 11.8 Å². The van der Waals surface area contributed by atoms with Crippen LogP contribution in [0.2, 0.25) is 0 Å². The van der Waals surface area contributed by atoms with Crippen LogP contribution in [0.1, 0.15) is 25.0 Å². The van der Waals surface area contributed by atoms with Crippen LogP contribution in [0.5, 0.6) is 5.75 Å². The van der Waals surface area contributed by atoms with E-state index in [1.54, 1.807) is 43.4 Å². The van der Waals surface area contributed by atoms with Gasteiger partial charge in [0.25, 0.3) is 10.0 Å². The van der Waals surface area contributed by atoms with E-state index in [1.165, 1.54) is 6.07 Å². The molecule has 0 saturated carbocycles. The first-order chi connectivity index (χ1) is 12.2. The SMILES string of the molecule is CNC(=O)Cc1ccc(NS(=O)(=O)c2ccc(OC(C)C)c(C)c2)cc1. The molecule has 2 aromatic carbocycles. The first-order valence-electron chi connectivity index (χ1n) is 8.31. The van der Waals surface area contributed by atoms with E-state index in [2.05, 4.69) is 10.0 Å². The molecule has 0 radical (unpaired) electrons. The summed E-state index contributed by atoms with van der Waals surface area (Å²) in [6.07, 6.45) is 0.266. The van der Waals surface area contributed by atoms with E-state index in [-0.39, 0.29) is 23.3 Å². The van der Waals surface area contributed by atoms with E-state index in [4.69, 9.17) is 4.74 Å². The van der Waals surface area contributed by atoms with Crippen molar-refractivity contribution in [3.8, 4) is 5.75 Å². The number of hydrogen-bond acceptors (Lipinski definition) is 4. The quantitative estimate of drug-likeness (QED) is 0.778. The summed E-state index contributed by atoms with van der Waals surface area (Å²) in [4.78, 5) is 11.5. The minimum Gasteiger partial charge on any atom is -0.491 e. The maximum absolute atomic E-state index is 12.6. The van der Waals surface area contributed by atoms with Gasteiger partial charge in [0.2, 0.25) is 5.91 Å². The molecule has 0 unspecified atom stereocenters. The van der Waals surface area contributed by atoms with E-state index in [9.17, 15) is 13.2 Å². The zero-order valence-corrected chi connectivity index (χ0v) is 16.2. The number of ether oxygens (including phenoxy) is 1. The topological polar surface area (TPSA) is 84.5 Å². The summed E-state index contributed by atoms with van der Waals surface area (Å²) in [5.74, 6) is 0.565. The third kappa shape index (κ3) is 5.23. The molecule has 2 aromatic rings. The van der Waals surface area contributed by atoms with Crippen LogP contribution in [0.3, 0.4) is 0 Å². The number of carbonyl (C=O) groups excluding carboxylic acids is 1. The highest BCUT2D eigenvalue weighted by atomic mass is 32.2. The van der Waals surface area contributed by atoms with Crippen molar-refractivity contribution in [2.24, 2.45) is 0 Å². The molecule has 6 nitrogen and oxygen atoms in total. The summed E-state index contributed by atoms with van der Waals surface area (Å²) in [6, 6.07) is 11.5. The molecule has 2 rings (SSSR count). The molecule has 0 aliphatic carbocycles. The molecule has 0 fully saturated rings. The fraction of sp³-hybridized carbons (Fsp3) is 0.316. The molecule has 0 aliphatic heterocycles. The second-order valence-corrected chi connectivity index (χ2v) is 7.93. The van der Waals surface area contributed by atoms with Gasteiger partial charge in [-0.2, -0.15) is 0 Å². The van der Waals surface area contributed by atoms with Gasteiger partial charge in [-0.05, 0) is 62.2 Å². The Balaban J connectivity index is 2.15. The lowest BCUT2D eigenvalue weighted by molar-refractivity contribution is -0.119. The average molecular weight is 376 g/mol. The predicted molar refractivity (Wildman–Crippen MR) is 102 cm³/mol. The molecule has 0 atom stereocenters. The van der Waals surface area contributed by atoms with Crippen LogP contribution in [0.25, 0.3) is 0 Å². The highest BCUT2D eigenvalue weighted by Crippen LogP contribution is 2.24. The Kier molecular flexibility index (Phi) is 6.26. The lowest BCUT2D eigenvalue weighted by Gasteiger charge is -2.14. The normalized spacial score (nSPS) is 11.3. The average Bonchev–Trinajstić information content (AvgIpc) is 2.57. The summed E-state index contributed by atoms with van der Waals surface area (Å²) in [5, 5.41) is 2.55. The summed E-state index contributed by atoms with van der Waals surface area (Å²) in [7, 11) is -2.13. The van der Waals surface area contributed by atoms with Crippen molar-refractivity contribution < 1.29 is 17.9 Å². The Morgan fingerprint density at radius 1 is 1.12 bits per heavy atom. The molecule has 0 heterocycles. The van der Waals surface area contributed by atoms with Crippen LogP contribution < -0.4 is 14.8 Å². The van der Waals surface area contributed by atoms with Crippen LogP contribution in [-0.2, 0) is 21.2 Å². The number of rotatable bonds is 7. The zero-order valence-electron chi connectivity index (χ0n) is 15.4. The van der Waals surface area contributed by atoms with Gasteiger partial charge in [-0.1, -0.05) is 12.1 Å². The number of nitrogens with one attached hydrogen (secondary N) is 2. The number of aryl methyl sites for hydroxylation is 1. The van der Waals surface area contributed by atoms with Gasteiger partial charge >= 0.3 is 0 Å². The van der Waals surface area contributed by atoms with E-state index in [1.807, 2.05) is 20.8 Å². The zero-order chi connectivity index (χ0) is 19.3. The highest BCUT2D eigenvalue weighted by molar-refractivity contribution is 7.92. The molecule has 0 saturated heterocycles. The molecular weight excluding hydrogens is 352 g/mol. The van der Waals surface area contributed by atoms with Crippen LogP contribution in [0.4, 0.5) is 5.69 Å². The minimum atomic E-state index is -3.71. The van der Waals surface area contributed by atoms with Gasteiger partial charge in [-0.15, -0.1) is 0 Å². The number of hydrogen-bond donors (Lipinski definition) is 2. The van der Waals surface area contributed by atoms with E-state index >= 15 is 0 Å². The molecule has 0 bridgehead atoms. The molecule has 1 amide bonds. The molecule has 140 valence electrons. The van der Waals surface area contributed by atoms with Crippen LogP contribution in [0, 0.1) is 6.92 Å². The van der Waals surface area contributed by atoms with Gasteiger partial charge in [-0.3, -0.25) is 9.52 Å². The molecular formula is C19H24N2O4S. The van der Waals surface area contributed by atoms with Gasteiger partial charge < -0.3 is 10.1 Å². The summed E-state index contributed by atoms with van der Waals surface area (Å²) >= 11 is 0. The van der Waals surface area contributed by atoms with E-state index in [0.29, 0.717) is 11.4 Å². The number of anilines is 1. The third-order valence-corrected chi connectivity index (χ3v) is 5.05. The van der Waals surface area contributed by atoms with Crippen molar-refractivity contribution >= 4 is 21.6 Å². The summed E-state index contributed by atoms with van der Waals surface area (Å²) in [5.41, 5.74) is 1.99. The Morgan fingerprint density at radius 2 is 1.77 bits per heavy atom. The second kappa shape index (κ2) is 8.23. The fourth-order valence-electron chi connectivity index (χ4n) is 2.35. The molecule has 0 aliphatic rings. The number of likely N-dealkylation sites (N-methyl/N-ethyl adjacent to an activating group) is 1. The van der Waals surface area contributed by atoms with Crippen LogP contribution in [-0.4, -0.2) is 27.5 Å². The predicted octanol–water partition coefficient (Wildman–Crippen LogP) is 2.87. The number of carbonyl (C=O) groups is 1. The lowest BCUT2D eigenvalue weighted by Crippen LogP contribution is -2.19. The molecule has 7 heteroatoms. The Bertz CT molecular complexity index is 875. The van der Waals surface area contributed by atoms with Crippen molar-refractivity contribution in [2.45, 2.75) is 38.2 Å². The second-order valence-electron chi connectivity index (χ2n) is 6.25. The van der Waals surface area contributed by atoms with Gasteiger partial charge in [0.15, 0.2) is 0 Å². The number of amides is 1. The summed E-state index contributed by atoms with van der Waals surface area (Å²) < 4.78 is 33.3. The first kappa shape index (κ1) is 19.8.